The second-order valence-electron chi connectivity index (χ2n) is 5.37. The van der Waals surface area contributed by atoms with Crippen LogP contribution in [0.1, 0.15) is 20.8 Å². The zero-order valence-electron chi connectivity index (χ0n) is 13.6. The summed E-state index contributed by atoms with van der Waals surface area (Å²) in [5.41, 5.74) is 1.73. The zero-order valence-corrected chi connectivity index (χ0v) is 15.2. The van der Waals surface area contributed by atoms with E-state index >= 15 is 0 Å². The van der Waals surface area contributed by atoms with Gasteiger partial charge in [0.1, 0.15) is 16.2 Å². The molecule has 1 aromatic carbocycles. The van der Waals surface area contributed by atoms with Gasteiger partial charge in [-0.25, -0.2) is 14.8 Å². The van der Waals surface area contributed by atoms with Gasteiger partial charge < -0.3 is 10.4 Å². The number of carbonyl (C=O) groups is 2. The number of hydrogen-bond acceptors (Lipinski definition) is 6. The Morgan fingerprint density at radius 3 is 2.84 bits per heavy atom. The molecule has 2 N–H and O–H groups in total. The van der Waals surface area contributed by atoms with Crippen LogP contribution in [0.25, 0.3) is 10.2 Å². The molecule has 3 rings (SSSR count). The van der Waals surface area contributed by atoms with E-state index in [1.54, 1.807) is 23.5 Å². The van der Waals surface area contributed by atoms with E-state index in [0.717, 1.165) is 20.8 Å². The highest BCUT2D eigenvalue weighted by Gasteiger charge is 2.14. The largest absolute Gasteiger partial charge is 0.478 e. The van der Waals surface area contributed by atoms with Crippen molar-refractivity contribution in [2.75, 3.05) is 11.1 Å². The number of fused-ring (bicyclic) bond motifs is 1. The molecule has 25 heavy (non-hydrogen) atoms. The molecule has 0 spiro atoms. The van der Waals surface area contributed by atoms with Gasteiger partial charge in [-0.3, -0.25) is 4.79 Å². The Hall–Kier alpha value is -2.45. The van der Waals surface area contributed by atoms with Crippen LogP contribution in [0.4, 0.5) is 5.69 Å². The Kier molecular flexibility index (Phi) is 5.00. The summed E-state index contributed by atoms with van der Waals surface area (Å²) in [6, 6.07) is 6.16. The SMILES string of the molecule is Cc1sc2ncnc(SCC(=O)Nc3cccc(C(=O)O)c3)c2c1C. The van der Waals surface area contributed by atoms with Crippen molar-refractivity contribution in [1.29, 1.82) is 0 Å². The predicted octanol–water partition coefficient (Wildman–Crippen LogP) is 3.74. The van der Waals surface area contributed by atoms with Gasteiger partial charge >= 0.3 is 5.97 Å². The lowest BCUT2D eigenvalue weighted by atomic mass is 10.2. The van der Waals surface area contributed by atoms with E-state index in [1.165, 1.54) is 35.1 Å². The molecule has 0 bridgehead atoms. The molecule has 3 aromatic rings. The summed E-state index contributed by atoms with van der Waals surface area (Å²) in [5.74, 6) is -1.07. The number of aromatic carboxylic acids is 1. The van der Waals surface area contributed by atoms with Crippen LogP contribution in [0, 0.1) is 13.8 Å². The quantitative estimate of drug-likeness (QED) is 0.523. The van der Waals surface area contributed by atoms with Crippen molar-refractivity contribution < 1.29 is 14.7 Å². The van der Waals surface area contributed by atoms with Crippen molar-refractivity contribution in [2.45, 2.75) is 18.9 Å². The van der Waals surface area contributed by atoms with Crippen LogP contribution >= 0.6 is 23.1 Å². The number of rotatable bonds is 5. The first-order valence-corrected chi connectivity index (χ1v) is 9.22. The van der Waals surface area contributed by atoms with Gasteiger partial charge in [0.2, 0.25) is 5.91 Å². The Morgan fingerprint density at radius 2 is 2.08 bits per heavy atom. The molecule has 0 aliphatic heterocycles. The summed E-state index contributed by atoms with van der Waals surface area (Å²) >= 11 is 2.96. The number of aryl methyl sites for hydroxylation is 2. The summed E-state index contributed by atoms with van der Waals surface area (Å²) in [5, 5.41) is 13.5. The van der Waals surface area contributed by atoms with Crippen molar-refractivity contribution in [1.82, 2.24) is 9.97 Å². The van der Waals surface area contributed by atoms with E-state index in [1.807, 2.05) is 13.8 Å². The number of aromatic nitrogens is 2. The molecule has 1 amide bonds. The van der Waals surface area contributed by atoms with Gasteiger partial charge in [0, 0.05) is 16.0 Å². The van der Waals surface area contributed by atoms with Crippen LogP contribution in [0.5, 0.6) is 0 Å². The van der Waals surface area contributed by atoms with Crippen LogP contribution in [0.3, 0.4) is 0 Å². The number of amides is 1. The van der Waals surface area contributed by atoms with Crippen molar-refractivity contribution in [2.24, 2.45) is 0 Å². The number of anilines is 1. The molecule has 2 aromatic heterocycles. The molecule has 2 heterocycles. The van der Waals surface area contributed by atoms with Crippen molar-refractivity contribution in [3.8, 4) is 0 Å². The molecule has 6 nitrogen and oxygen atoms in total. The second-order valence-corrected chi connectivity index (χ2v) is 7.53. The number of carboxylic acids is 1. The number of carboxylic acid groups (broad SMARTS) is 1. The third-order valence-corrected chi connectivity index (χ3v) is 5.77. The monoisotopic (exact) mass is 373 g/mol. The van der Waals surface area contributed by atoms with Crippen LogP contribution in [0.15, 0.2) is 35.6 Å². The van der Waals surface area contributed by atoms with E-state index in [4.69, 9.17) is 5.11 Å². The lowest BCUT2D eigenvalue weighted by molar-refractivity contribution is -0.113. The van der Waals surface area contributed by atoms with Crippen LogP contribution < -0.4 is 5.32 Å². The lowest BCUT2D eigenvalue weighted by Crippen LogP contribution is -2.14. The lowest BCUT2D eigenvalue weighted by Gasteiger charge is -2.06. The van der Waals surface area contributed by atoms with Gasteiger partial charge in [-0.05, 0) is 37.6 Å². The van der Waals surface area contributed by atoms with Gasteiger partial charge in [-0.15, -0.1) is 11.3 Å². The summed E-state index contributed by atoms with van der Waals surface area (Å²) in [6.45, 7) is 4.07. The van der Waals surface area contributed by atoms with E-state index in [9.17, 15) is 9.59 Å². The number of carbonyl (C=O) groups excluding carboxylic acids is 1. The molecule has 0 unspecified atom stereocenters. The fourth-order valence-electron chi connectivity index (χ4n) is 2.32. The Bertz CT molecular complexity index is 969. The molecule has 0 aliphatic carbocycles. The molecule has 0 atom stereocenters. The minimum atomic E-state index is -1.03. The first kappa shape index (κ1) is 17.4. The molecule has 0 fully saturated rings. The van der Waals surface area contributed by atoms with Gasteiger partial charge in [-0.1, -0.05) is 17.8 Å². The molecule has 0 saturated carbocycles. The third kappa shape index (κ3) is 3.80. The number of nitrogens with zero attached hydrogens (tertiary/aromatic N) is 2. The molecule has 0 radical (unpaired) electrons. The number of nitrogens with one attached hydrogen (secondary N) is 1. The maximum Gasteiger partial charge on any atom is 0.335 e. The van der Waals surface area contributed by atoms with E-state index in [2.05, 4.69) is 15.3 Å². The van der Waals surface area contributed by atoms with Crippen LogP contribution in [-0.4, -0.2) is 32.7 Å². The van der Waals surface area contributed by atoms with E-state index in [-0.39, 0.29) is 17.2 Å². The zero-order chi connectivity index (χ0) is 18.0. The Labute approximate surface area is 152 Å². The number of thiophene rings is 1. The number of thioether (sulfide) groups is 1. The summed E-state index contributed by atoms with van der Waals surface area (Å²) < 4.78 is 0. The van der Waals surface area contributed by atoms with Crippen molar-refractivity contribution in [3.05, 3.63) is 46.6 Å². The van der Waals surface area contributed by atoms with Gasteiger partial charge in [0.15, 0.2) is 0 Å². The molecular weight excluding hydrogens is 358 g/mol. The average Bonchev–Trinajstić information content (AvgIpc) is 2.88. The molecule has 128 valence electrons. The first-order valence-electron chi connectivity index (χ1n) is 7.42. The molecular formula is C17H15N3O3S2. The average molecular weight is 373 g/mol. The highest BCUT2D eigenvalue weighted by molar-refractivity contribution is 8.00. The number of benzene rings is 1. The number of hydrogen-bond donors (Lipinski definition) is 2. The summed E-state index contributed by atoms with van der Waals surface area (Å²) in [7, 11) is 0. The smallest absolute Gasteiger partial charge is 0.335 e. The Morgan fingerprint density at radius 1 is 1.28 bits per heavy atom. The third-order valence-electron chi connectivity index (χ3n) is 3.66. The Balaban J connectivity index is 1.71. The maximum atomic E-state index is 12.2. The predicted molar refractivity (Wildman–Crippen MR) is 99.6 cm³/mol. The van der Waals surface area contributed by atoms with E-state index in [0.29, 0.717) is 5.69 Å². The topological polar surface area (TPSA) is 92.2 Å². The van der Waals surface area contributed by atoms with Gasteiger partial charge in [0.05, 0.1) is 11.3 Å². The first-order chi connectivity index (χ1) is 12.0. The minimum absolute atomic E-state index is 0.132. The van der Waals surface area contributed by atoms with Gasteiger partial charge in [0.25, 0.3) is 0 Å². The fourth-order valence-corrected chi connectivity index (χ4v) is 4.24. The normalized spacial score (nSPS) is 10.8. The highest BCUT2D eigenvalue weighted by atomic mass is 32.2. The summed E-state index contributed by atoms with van der Waals surface area (Å²) in [6.07, 6.45) is 1.51. The maximum absolute atomic E-state index is 12.2. The highest BCUT2D eigenvalue weighted by Crippen LogP contribution is 2.34. The second kappa shape index (κ2) is 7.20. The molecule has 0 saturated heterocycles. The minimum Gasteiger partial charge on any atom is -0.478 e. The van der Waals surface area contributed by atoms with Crippen LogP contribution in [-0.2, 0) is 4.79 Å². The summed E-state index contributed by atoms with van der Waals surface area (Å²) in [4.78, 5) is 33.8. The van der Waals surface area contributed by atoms with Crippen molar-refractivity contribution >= 4 is 50.9 Å². The fraction of sp³-hybridized carbons (Fsp3) is 0.176. The van der Waals surface area contributed by atoms with Gasteiger partial charge in [-0.2, -0.15) is 0 Å². The molecule has 0 aliphatic rings. The van der Waals surface area contributed by atoms with Crippen LogP contribution in [0.2, 0.25) is 0 Å². The molecule has 8 heteroatoms. The van der Waals surface area contributed by atoms with E-state index < -0.39 is 5.97 Å². The van der Waals surface area contributed by atoms with Crippen molar-refractivity contribution in [3.63, 3.8) is 0 Å². The standard InChI is InChI=1S/C17H15N3O3S2/c1-9-10(2)25-16-14(9)15(18-8-19-16)24-7-13(21)20-12-5-3-4-11(6-12)17(22)23/h3-6,8H,7H2,1-2H3,(H,20,21)(H,22,23).